The van der Waals surface area contributed by atoms with E-state index in [9.17, 15) is 4.79 Å². The molecule has 0 saturated heterocycles. The minimum Gasteiger partial charge on any atom is -0.481 e. The third kappa shape index (κ3) is 2.53. The molecule has 0 atom stereocenters. The third-order valence-corrected chi connectivity index (χ3v) is 1.29. The molecule has 0 amide bonds. The average molecular weight is 167 g/mol. The summed E-state index contributed by atoms with van der Waals surface area (Å²) in [4.78, 5) is 17.9. The molecule has 0 aliphatic carbocycles. The van der Waals surface area contributed by atoms with Crippen molar-refractivity contribution >= 4 is 11.7 Å². The second-order valence-electron chi connectivity index (χ2n) is 2.33. The molecule has 12 heavy (non-hydrogen) atoms. The van der Waals surface area contributed by atoms with Crippen LogP contribution in [-0.4, -0.2) is 21.0 Å². The zero-order valence-electron chi connectivity index (χ0n) is 6.40. The van der Waals surface area contributed by atoms with Gasteiger partial charge in [-0.15, -0.1) is 0 Å². The summed E-state index contributed by atoms with van der Waals surface area (Å²) in [5.41, 5.74) is 5.82. The van der Waals surface area contributed by atoms with Gasteiger partial charge in [-0.3, -0.25) is 4.79 Å². The second kappa shape index (κ2) is 3.66. The normalized spacial score (nSPS) is 9.67. The summed E-state index contributed by atoms with van der Waals surface area (Å²) < 4.78 is 0. The van der Waals surface area contributed by atoms with Gasteiger partial charge in [-0.05, 0) is 0 Å². The van der Waals surface area contributed by atoms with Gasteiger partial charge in [0, 0.05) is 6.42 Å². The SMILES string of the molecule is Nc1cnc(CCC(=O)O)nc1. The quantitative estimate of drug-likeness (QED) is 0.665. The molecule has 1 aromatic rings. The first-order valence-electron chi connectivity index (χ1n) is 3.46. The number of hydrogen-bond donors (Lipinski definition) is 2. The van der Waals surface area contributed by atoms with Gasteiger partial charge in [0.15, 0.2) is 0 Å². The summed E-state index contributed by atoms with van der Waals surface area (Å²) in [7, 11) is 0. The summed E-state index contributed by atoms with van der Waals surface area (Å²) in [6.45, 7) is 0. The van der Waals surface area contributed by atoms with E-state index in [1.807, 2.05) is 0 Å². The van der Waals surface area contributed by atoms with Gasteiger partial charge in [-0.1, -0.05) is 0 Å². The predicted octanol–water partition coefficient (Wildman–Crippen LogP) is 0.0760. The molecular weight excluding hydrogens is 158 g/mol. The van der Waals surface area contributed by atoms with Crippen molar-refractivity contribution in [1.29, 1.82) is 0 Å². The van der Waals surface area contributed by atoms with E-state index < -0.39 is 5.97 Å². The minimum atomic E-state index is -0.851. The first kappa shape index (κ1) is 8.45. The van der Waals surface area contributed by atoms with Crippen molar-refractivity contribution in [2.75, 3.05) is 5.73 Å². The molecule has 3 N–H and O–H groups in total. The number of nitrogens with zero attached hydrogens (tertiary/aromatic N) is 2. The Hall–Kier alpha value is -1.65. The average Bonchev–Trinajstić information content (AvgIpc) is 2.03. The van der Waals surface area contributed by atoms with Crippen LogP contribution in [0.15, 0.2) is 12.4 Å². The maximum absolute atomic E-state index is 10.2. The molecular formula is C7H9N3O2. The zero-order chi connectivity index (χ0) is 8.97. The summed E-state index contributed by atoms with van der Waals surface area (Å²) >= 11 is 0. The lowest BCUT2D eigenvalue weighted by Crippen LogP contribution is -2.01. The number of carbonyl (C=O) groups is 1. The van der Waals surface area contributed by atoms with E-state index in [-0.39, 0.29) is 6.42 Å². The minimum absolute atomic E-state index is 0.0456. The van der Waals surface area contributed by atoms with Crippen LogP contribution < -0.4 is 5.73 Å². The van der Waals surface area contributed by atoms with Crippen molar-refractivity contribution in [1.82, 2.24) is 9.97 Å². The van der Waals surface area contributed by atoms with Crippen molar-refractivity contribution in [3.8, 4) is 0 Å². The number of hydrogen-bond acceptors (Lipinski definition) is 4. The number of nitrogen functional groups attached to an aromatic ring is 1. The topological polar surface area (TPSA) is 89.1 Å². The molecule has 5 heteroatoms. The highest BCUT2D eigenvalue weighted by molar-refractivity contribution is 5.66. The number of anilines is 1. The number of aromatic nitrogens is 2. The number of carboxylic acid groups (broad SMARTS) is 1. The molecule has 1 rings (SSSR count). The molecule has 0 spiro atoms. The van der Waals surface area contributed by atoms with Gasteiger partial charge in [-0.25, -0.2) is 9.97 Å². The monoisotopic (exact) mass is 167 g/mol. The molecule has 0 fully saturated rings. The van der Waals surface area contributed by atoms with Gasteiger partial charge in [0.05, 0.1) is 24.5 Å². The van der Waals surface area contributed by atoms with Crippen LogP contribution in [0.2, 0.25) is 0 Å². The summed E-state index contributed by atoms with van der Waals surface area (Å²) in [5.74, 6) is -0.345. The molecule has 0 saturated carbocycles. The van der Waals surface area contributed by atoms with Crippen LogP contribution in [0.3, 0.4) is 0 Å². The fraction of sp³-hybridized carbons (Fsp3) is 0.286. The van der Waals surface area contributed by atoms with Gasteiger partial charge >= 0.3 is 5.97 Å². The van der Waals surface area contributed by atoms with Crippen LogP contribution in [0.1, 0.15) is 12.2 Å². The Morgan fingerprint density at radius 3 is 2.58 bits per heavy atom. The molecule has 0 radical (unpaired) electrons. The molecule has 0 aromatic carbocycles. The fourth-order valence-electron chi connectivity index (χ4n) is 0.713. The highest BCUT2D eigenvalue weighted by atomic mass is 16.4. The molecule has 0 unspecified atom stereocenters. The number of aliphatic carboxylic acids is 1. The summed E-state index contributed by atoms with van der Waals surface area (Å²) in [5, 5.41) is 8.35. The standard InChI is InChI=1S/C7H9N3O2/c8-5-3-9-6(10-4-5)1-2-7(11)12/h3-4H,1-2,8H2,(H,11,12). The van der Waals surface area contributed by atoms with Crippen LogP contribution in [0.5, 0.6) is 0 Å². The Kier molecular flexibility index (Phi) is 2.57. The highest BCUT2D eigenvalue weighted by Crippen LogP contribution is 1.98. The Labute approximate surface area is 69.3 Å². The molecule has 1 aromatic heterocycles. The van der Waals surface area contributed by atoms with E-state index in [0.29, 0.717) is 17.9 Å². The predicted molar refractivity (Wildman–Crippen MR) is 42.4 cm³/mol. The Morgan fingerprint density at radius 1 is 1.50 bits per heavy atom. The molecule has 64 valence electrons. The smallest absolute Gasteiger partial charge is 0.303 e. The second-order valence-corrected chi connectivity index (χ2v) is 2.33. The third-order valence-electron chi connectivity index (χ3n) is 1.29. The van der Waals surface area contributed by atoms with E-state index in [1.54, 1.807) is 0 Å². The lowest BCUT2D eigenvalue weighted by Gasteiger charge is -1.96. The lowest BCUT2D eigenvalue weighted by molar-refractivity contribution is -0.137. The van der Waals surface area contributed by atoms with Gasteiger partial charge in [-0.2, -0.15) is 0 Å². The Morgan fingerprint density at radius 2 is 2.08 bits per heavy atom. The molecule has 1 heterocycles. The largest absolute Gasteiger partial charge is 0.481 e. The van der Waals surface area contributed by atoms with Crippen molar-refractivity contribution < 1.29 is 9.90 Å². The highest BCUT2D eigenvalue weighted by Gasteiger charge is 2.00. The van der Waals surface area contributed by atoms with E-state index in [0.717, 1.165) is 0 Å². The van der Waals surface area contributed by atoms with Gasteiger partial charge < -0.3 is 10.8 Å². The molecule has 0 aliphatic heterocycles. The van der Waals surface area contributed by atoms with Crippen LogP contribution in [0.4, 0.5) is 5.69 Å². The van der Waals surface area contributed by atoms with E-state index in [4.69, 9.17) is 10.8 Å². The number of carboxylic acids is 1. The van der Waals surface area contributed by atoms with Crippen LogP contribution in [0.25, 0.3) is 0 Å². The number of aryl methyl sites for hydroxylation is 1. The van der Waals surface area contributed by atoms with E-state index in [1.165, 1.54) is 12.4 Å². The van der Waals surface area contributed by atoms with Gasteiger partial charge in [0.25, 0.3) is 0 Å². The summed E-state index contributed by atoms with van der Waals surface area (Å²) in [6.07, 6.45) is 3.31. The number of nitrogens with two attached hydrogens (primary N) is 1. The molecule has 0 aliphatic rings. The fourth-order valence-corrected chi connectivity index (χ4v) is 0.713. The van der Waals surface area contributed by atoms with Crippen LogP contribution >= 0.6 is 0 Å². The van der Waals surface area contributed by atoms with Crippen molar-refractivity contribution in [3.63, 3.8) is 0 Å². The van der Waals surface area contributed by atoms with Crippen molar-refractivity contribution in [3.05, 3.63) is 18.2 Å². The maximum atomic E-state index is 10.2. The van der Waals surface area contributed by atoms with E-state index >= 15 is 0 Å². The number of rotatable bonds is 3. The zero-order valence-corrected chi connectivity index (χ0v) is 6.40. The lowest BCUT2D eigenvalue weighted by atomic mass is 10.3. The van der Waals surface area contributed by atoms with Crippen LogP contribution in [0, 0.1) is 0 Å². The van der Waals surface area contributed by atoms with Gasteiger partial charge in [0.1, 0.15) is 5.82 Å². The Bertz CT molecular complexity index is 270. The molecule has 0 bridgehead atoms. The molecule has 5 nitrogen and oxygen atoms in total. The summed E-state index contributed by atoms with van der Waals surface area (Å²) in [6, 6.07) is 0. The first-order chi connectivity index (χ1) is 5.68. The Balaban J connectivity index is 2.53. The van der Waals surface area contributed by atoms with Crippen LogP contribution in [-0.2, 0) is 11.2 Å². The van der Waals surface area contributed by atoms with Crippen molar-refractivity contribution in [2.24, 2.45) is 0 Å². The van der Waals surface area contributed by atoms with E-state index in [2.05, 4.69) is 9.97 Å². The maximum Gasteiger partial charge on any atom is 0.303 e. The van der Waals surface area contributed by atoms with Crippen molar-refractivity contribution in [2.45, 2.75) is 12.8 Å². The first-order valence-corrected chi connectivity index (χ1v) is 3.46. The van der Waals surface area contributed by atoms with Gasteiger partial charge in [0.2, 0.25) is 0 Å².